The number of amides is 1. The number of hydrogen-bond acceptors (Lipinski definition) is 3. The van der Waals surface area contributed by atoms with Gasteiger partial charge in [-0.1, -0.05) is 12.1 Å². The highest BCUT2D eigenvalue weighted by Crippen LogP contribution is 2.42. The van der Waals surface area contributed by atoms with Crippen LogP contribution in [0.4, 0.5) is 23.7 Å². The van der Waals surface area contributed by atoms with Crippen molar-refractivity contribution in [2.75, 3.05) is 24.6 Å². The maximum absolute atomic E-state index is 13.2. The summed E-state index contributed by atoms with van der Waals surface area (Å²) >= 11 is 0. The Labute approximate surface area is 119 Å². The molecule has 2 aliphatic heterocycles. The van der Waals surface area contributed by atoms with Crippen LogP contribution in [0.15, 0.2) is 24.3 Å². The Kier molecular flexibility index (Phi) is 3.32. The number of carbonyl (C=O) groups is 1. The minimum atomic E-state index is -4.51. The molecule has 2 fully saturated rings. The summed E-state index contributed by atoms with van der Waals surface area (Å²) < 4.78 is 44.6. The third-order valence-corrected chi connectivity index (χ3v) is 4.02. The van der Waals surface area contributed by atoms with Gasteiger partial charge in [0.15, 0.2) is 0 Å². The van der Waals surface area contributed by atoms with E-state index >= 15 is 0 Å². The fraction of sp³-hybridized carbons (Fsp3) is 0.500. The van der Waals surface area contributed by atoms with Gasteiger partial charge in [0, 0.05) is 6.54 Å². The standard InChI is InChI=1S/C14H15F3N2O2/c15-14(16,17)10-4-1-2-5-11(10)19-12(20)21-9-13(19)6-3-7-18-8-13/h1-2,4-5,18H,3,6-9H2. The number of cyclic esters (lactones) is 1. The quantitative estimate of drug-likeness (QED) is 0.867. The zero-order valence-electron chi connectivity index (χ0n) is 11.2. The summed E-state index contributed by atoms with van der Waals surface area (Å²) in [5.41, 5.74) is -1.67. The second-order valence-electron chi connectivity index (χ2n) is 5.41. The molecular formula is C14H15F3N2O2. The minimum Gasteiger partial charge on any atom is -0.447 e. The number of piperidine rings is 1. The van der Waals surface area contributed by atoms with Crippen molar-refractivity contribution in [1.29, 1.82) is 0 Å². The average Bonchev–Trinajstić information content (AvgIpc) is 2.75. The second kappa shape index (κ2) is 4.91. The van der Waals surface area contributed by atoms with Crippen molar-refractivity contribution in [3.8, 4) is 0 Å². The molecule has 0 aromatic heterocycles. The van der Waals surface area contributed by atoms with E-state index in [-0.39, 0.29) is 12.3 Å². The summed E-state index contributed by atoms with van der Waals surface area (Å²) in [6, 6.07) is 5.14. The Balaban J connectivity index is 2.07. The van der Waals surface area contributed by atoms with Crippen molar-refractivity contribution < 1.29 is 22.7 Å². The molecule has 1 N–H and O–H groups in total. The Morgan fingerprint density at radius 1 is 1.29 bits per heavy atom. The van der Waals surface area contributed by atoms with Gasteiger partial charge in [-0.3, -0.25) is 4.90 Å². The molecule has 1 unspecified atom stereocenters. The van der Waals surface area contributed by atoms with Gasteiger partial charge < -0.3 is 10.1 Å². The molecule has 1 atom stereocenters. The topological polar surface area (TPSA) is 41.6 Å². The molecule has 7 heteroatoms. The number of halogens is 3. The fourth-order valence-corrected chi connectivity index (χ4v) is 3.05. The van der Waals surface area contributed by atoms with Gasteiger partial charge in [-0.25, -0.2) is 4.79 Å². The van der Waals surface area contributed by atoms with Crippen molar-refractivity contribution >= 4 is 11.8 Å². The van der Waals surface area contributed by atoms with Gasteiger partial charge in [-0.15, -0.1) is 0 Å². The largest absolute Gasteiger partial charge is 0.447 e. The smallest absolute Gasteiger partial charge is 0.418 e. The molecule has 2 aliphatic rings. The molecule has 0 radical (unpaired) electrons. The number of nitrogens with zero attached hydrogens (tertiary/aromatic N) is 1. The molecule has 1 amide bonds. The van der Waals surface area contributed by atoms with E-state index in [0.717, 1.165) is 19.0 Å². The summed E-state index contributed by atoms with van der Waals surface area (Å²) in [7, 11) is 0. The Hall–Kier alpha value is -1.76. The molecule has 1 aromatic rings. The number of carbonyl (C=O) groups excluding carboxylic acids is 1. The van der Waals surface area contributed by atoms with E-state index in [9.17, 15) is 18.0 Å². The maximum Gasteiger partial charge on any atom is 0.418 e. The first-order valence-corrected chi connectivity index (χ1v) is 6.78. The van der Waals surface area contributed by atoms with Crippen LogP contribution in [0.3, 0.4) is 0 Å². The first kappa shape index (κ1) is 14.2. The monoisotopic (exact) mass is 300 g/mol. The number of rotatable bonds is 1. The number of alkyl halides is 3. The first-order valence-electron chi connectivity index (χ1n) is 6.78. The second-order valence-corrected chi connectivity index (χ2v) is 5.41. The van der Waals surface area contributed by atoms with E-state index in [4.69, 9.17) is 4.74 Å². The number of hydrogen-bond donors (Lipinski definition) is 1. The van der Waals surface area contributed by atoms with Gasteiger partial charge in [-0.05, 0) is 31.5 Å². The number of para-hydroxylation sites is 1. The van der Waals surface area contributed by atoms with Gasteiger partial charge >= 0.3 is 12.3 Å². The Morgan fingerprint density at radius 2 is 2.05 bits per heavy atom. The number of anilines is 1. The predicted octanol–water partition coefficient (Wildman–Crippen LogP) is 2.78. The van der Waals surface area contributed by atoms with E-state index in [1.54, 1.807) is 0 Å². The fourth-order valence-electron chi connectivity index (χ4n) is 3.05. The molecule has 4 nitrogen and oxygen atoms in total. The van der Waals surface area contributed by atoms with Gasteiger partial charge in [0.05, 0.1) is 16.8 Å². The molecule has 1 aromatic carbocycles. The van der Waals surface area contributed by atoms with Crippen molar-refractivity contribution in [2.45, 2.75) is 24.6 Å². The van der Waals surface area contributed by atoms with Crippen molar-refractivity contribution in [2.24, 2.45) is 0 Å². The molecule has 2 heterocycles. The number of ether oxygens (including phenoxy) is 1. The van der Waals surface area contributed by atoms with Crippen molar-refractivity contribution in [3.05, 3.63) is 29.8 Å². The summed E-state index contributed by atoms with van der Waals surface area (Å²) in [5, 5.41) is 3.14. The number of nitrogens with one attached hydrogen (secondary N) is 1. The molecule has 3 rings (SSSR count). The Morgan fingerprint density at radius 3 is 2.71 bits per heavy atom. The zero-order valence-corrected chi connectivity index (χ0v) is 11.2. The van der Waals surface area contributed by atoms with Crippen LogP contribution in [0, 0.1) is 0 Å². The van der Waals surface area contributed by atoms with Crippen LogP contribution in [0.5, 0.6) is 0 Å². The van der Waals surface area contributed by atoms with Crippen molar-refractivity contribution in [1.82, 2.24) is 5.32 Å². The van der Waals surface area contributed by atoms with E-state index in [1.165, 1.54) is 23.1 Å². The molecule has 1 spiro atoms. The zero-order chi connectivity index (χ0) is 15.1. The minimum absolute atomic E-state index is 0.116. The van der Waals surface area contributed by atoms with Gasteiger partial charge in [0.2, 0.25) is 0 Å². The summed E-state index contributed by atoms with van der Waals surface area (Å²) in [6.45, 7) is 1.35. The lowest BCUT2D eigenvalue weighted by molar-refractivity contribution is -0.137. The molecular weight excluding hydrogens is 285 g/mol. The maximum atomic E-state index is 13.2. The van der Waals surface area contributed by atoms with E-state index in [2.05, 4.69) is 5.32 Å². The lowest BCUT2D eigenvalue weighted by Gasteiger charge is -2.39. The Bertz CT molecular complexity index is 553. The van der Waals surface area contributed by atoms with Crippen LogP contribution in [-0.4, -0.2) is 31.3 Å². The van der Waals surface area contributed by atoms with Crippen LogP contribution in [0.25, 0.3) is 0 Å². The highest BCUT2D eigenvalue weighted by atomic mass is 19.4. The highest BCUT2D eigenvalue weighted by molar-refractivity contribution is 5.92. The van der Waals surface area contributed by atoms with Crippen molar-refractivity contribution in [3.63, 3.8) is 0 Å². The third kappa shape index (κ3) is 2.35. The molecule has 0 saturated carbocycles. The molecule has 2 saturated heterocycles. The van der Waals surface area contributed by atoms with Crippen LogP contribution in [0.2, 0.25) is 0 Å². The highest BCUT2D eigenvalue weighted by Gasteiger charge is 2.51. The predicted molar refractivity (Wildman–Crippen MR) is 70.1 cm³/mol. The molecule has 0 aliphatic carbocycles. The van der Waals surface area contributed by atoms with Crippen LogP contribution >= 0.6 is 0 Å². The van der Waals surface area contributed by atoms with Gasteiger partial charge in [0.25, 0.3) is 0 Å². The van der Waals surface area contributed by atoms with Crippen LogP contribution < -0.4 is 10.2 Å². The van der Waals surface area contributed by atoms with Gasteiger partial charge in [-0.2, -0.15) is 13.2 Å². The first-order chi connectivity index (χ1) is 9.94. The average molecular weight is 300 g/mol. The summed E-state index contributed by atoms with van der Waals surface area (Å²) in [6.07, 6.45) is -3.81. The van der Waals surface area contributed by atoms with Gasteiger partial charge in [0.1, 0.15) is 6.61 Å². The van der Waals surface area contributed by atoms with E-state index < -0.39 is 23.4 Å². The number of benzene rings is 1. The normalized spacial score (nSPS) is 26.2. The lowest BCUT2D eigenvalue weighted by Crippen LogP contribution is -2.57. The van der Waals surface area contributed by atoms with Crippen LogP contribution in [-0.2, 0) is 10.9 Å². The summed E-state index contributed by atoms with van der Waals surface area (Å²) in [5.74, 6) is 0. The van der Waals surface area contributed by atoms with E-state index in [1.807, 2.05) is 0 Å². The molecule has 114 valence electrons. The van der Waals surface area contributed by atoms with E-state index in [0.29, 0.717) is 13.0 Å². The summed E-state index contributed by atoms with van der Waals surface area (Å²) in [4.78, 5) is 13.2. The third-order valence-electron chi connectivity index (χ3n) is 4.02. The lowest BCUT2D eigenvalue weighted by atomic mass is 9.89. The molecule has 0 bridgehead atoms. The van der Waals surface area contributed by atoms with Crippen LogP contribution in [0.1, 0.15) is 18.4 Å². The molecule has 21 heavy (non-hydrogen) atoms. The SMILES string of the molecule is O=C1OCC2(CCCNC2)N1c1ccccc1C(F)(F)F.